The molecule has 0 atom stereocenters. The van der Waals surface area contributed by atoms with Crippen LogP contribution in [-0.2, 0) is 6.54 Å². The summed E-state index contributed by atoms with van der Waals surface area (Å²) in [6.45, 7) is 0.249. The van der Waals surface area contributed by atoms with Crippen molar-refractivity contribution >= 4 is 23.3 Å². The van der Waals surface area contributed by atoms with Crippen molar-refractivity contribution in [2.75, 3.05) is 5.32 Å². The van der Waals surface area contributed by atoms with Crippen LogP contribution >= 0.6 is 11.6 Å². The molecular formula is C20H16ClFN2O. The molecule has 3 aromatic rings. The van der Waals surface area contributed by atoms with E-state index in [0.717, 1.165) is 16.7 Å². The fraction of sp³-hybridized carbons (Fsp3) is 0.0500. The zero-order valence-corrected chi connectivity index (χ0v) is 14.1. The Bertz CT molecular complexity index is 884. The number of anilines is 1. The van der Waals surface area contributed by atoms with Crippen molar-refractivity contribution in [1.82, 2.24) is 5.32 Å². The Balaban J connectivity index is 1.68. The van der Waals surface area contributed by atoms with Gasteiger partial charge in [0.15, 0.2) is 0 Å². The molecule has 3 aromatic carbocycles. The molecule has 5 heteroatoms. The third-order valence-corrected chi connectivity index (χ3v) is 3.99. The van der Waals surface area contributed by atoms with Gasteiger partial charge in [0.25, 0.3) is 0 Å². The standard InChI is InChI=1S/C20H16ClFN2O/c21-17-12-14(10-11-18(17)22)13-23-20(25)24-19-9-5-4-8-16(19)15-6-2-1-3-7-15/h1-12H,13H2,(H2,23,24,25). The van der Waals surface area contributed by atoms with Crippen LogP contribution in [0.25, 0.3) is 11.1 Å². The number of hydrogen-bond acceptors (Lipinski definition) is 1. The van der Waals surface area contributed by atoms with Crippen LogP contribution in [0.3, 0.4) is 0 Å². The summed E-state index contributed by atoms with van der Waals surface area (Å²) in [4.78, 5) is 12.2. The van der Waals surface area contributed by atoms with E-state index in [1.807, 2.05) is 54.6 Å². The van der Waals surface area contributed by atoms with Gasteiger partial charge in [0.2, 0.25) is 0 Å². The quantitative estimate of drug-likeness (QED) is 0.641. The molecule has 0 aliphatic heterocycles. The molecule has 0 saturated heterocycles. The number of carbonyl (C=O) groups is 1. The molecule has 3 nitrogen and oxygen atoms in total. The number of urea groups is 1. The molecule has 2 amide bonds. The SMILES string of the molecule is O=C(NCc1ccc(F)c(Cl)c1)Nc1ccccc1-c1ccccc1. The Morgan fingerprint density at radius 3 is 2.44 bits per heavy atom. The Hall–Kier alpha value is -2.85. The number of para-hydroxylation sites is 1. The summed E-state index contributed by atoms with van der Waals surface area (Å²) in [6, 6.07) is 21.4. The third-order valence-electron chi connectivity index (χ3n) is 3.70. The molecule has 0 aliphatic rings. The van der Waals surface area contributed by atoms with Gasteiger partial charge in [-0.1, -0.05) is 66.2 Å². The highest BCUT2D eigenvalue weighted by molar-refractivity contribution is 6.30. The van der Waals surface area contributed by atoms with Crippen LogP contribution in [-0.4, -0.2) is 6.03 Å². The number of halogens is 2. The molecule has 3 rings (SSSR count). The van der Waals surface area contributed by atoms with Gasteiger partial charge >= 0.3 is 6.03 Å². The second-order valence-electron chi connectivity index (χ2n) is 5.47. The molecule has 0 unspecified atom stereocenters. The van der Waals surface area contributed by atoms with Crippen molar-refractivity contribution in [3.63, 3.8) is 0 Å². The minimum Gasteiger partial charge on any atom is -0.334 e. The number of nitrogens with one attached hydrogen (secondary N) is 2. The molecule has 0 spiro atoms. The summed E-state index contributed by atoms with van der Waals surface area (Å²) in [5.74, 6) is -0.480. The molecule has 0 saturated carbocycles. The van der Waals surface area contributed by atoms with Gasteiger partial charge in [-0.05, 0) is 29.3 Å². The second-order valence-corrected chi connectivity index (χ2v) is 5.87. The molecule has 0 fully saturated rings. The number of hydrogen-bond donors (Lipinski definition) is 2. The van der Waals surface area contributed by atoms with Crippen molar-refractivity contribution in [3.05, 3.63) is 89.2 Å². The smallest absolute Gasteiger partial charge is 0.319 e. The highest BCUT2D eigenvalue weighted by Crippen LogP contribution is 2.27. The average molecular weight is 355 g/mol. The number of rotatable bonds is 4. The zero-order valence-electron chi connectivity index (χ0n) is 13.3. The van der Waals surface area contributed by atoms with Crippen LogP contribution in [0.1, 0.15) is 5.56 Å². The van der Waals surface area contributed by atoms with Crippen molar-refractivity contribution in [2.45, 2.75) is 6.54 Å². The van der Waals surface area contributed by atoms with Gasteiger partial charge in [-0.2, -0.15) is 0 Å². The summed E-state index contributed by atoms with van der Waals surface area (Å²) in [7, 11) is 0. The summed E-state index contributed by atoms with van der Waals surface area (Å²) < 4.78 is 13.2. The third kappa shape index (κ3) is 4.37. The second kappa shape index (κ2) is 7.81. The van der Waals surface area contributed by atoms with Gasteiger partial charge in [0, 0.05) is 12.1 Å². The molecule has 0 heterocycles. The Kier molecular flexibility index (Phi) is 5.31. The molecule has 0 aromatic heterocycles. The van der Waals surface area contributed by atoms with Gasteiger partial charge in [0.1, 0.15) is 5.82 Å². The fourth-order valence-electron chi connectivity index (χ4n) is 2.46. The summed E-state index contributed by atoms with van der Waals surface area (Å²) in [5.41, 5.74) is 3.38. The van der Waals surface area contributed by atoms with E-state index in [0.29, 0.717) is 5.69 Å². The largest absolute Gasteiger partial charge is 0.334 e. The Morgan fingerprint density at radius 1 is 0.960 bits per heavy atom. The van der Waals surface area contributed by atoms with E-state index in [2.05, 4.69) is 10.6 Å². The first-order chi connectivity index (χ1) is 12.1. The number of amides is 2. The molecule has 2 N–H and O–H groups in total. The first-order valence-corrected chi connectivity index (χ1v) is 8.14. The molecule has 25 heavy (non-hydrogen) atoms. The maximum atomic E-state index is 13.2. The van der Waals surface area contributed by atoms with E-state index >= 15 is 0 Å². The van der Waals surface area contributed by atoms with Gasteiger partial charge in [-0.15, -0.1) is 0 Å². The van der Waals surface area contributed by atoms with E-state index in [9.17, 15) is 9.18 Å². The Labute approximate surface area is 150 Å². The van der Waals surface area contributed by atoms with E-state index < -0.39 is 5.82 Å². The normalized spacial score (nSPS) is 10.3. The maximum absolute atomic E-state index is 13.2. The van der Waals surface area contributed by atoms with Crippen molar-refractivity contribution in [1.29, 1.82) is 0 Å². The molecule has 126 valence electrons. The summed E-state index contributed by atoms with van der Waals surface area (Å²) >= 11 is 5.74. The fourth-order valence-corrected chi connectivity index (χ4v) is 2.66. The number of benzene rings is 3. The monoisotopic (exact) mass is 354 g/mol. The minimum atomic E-state index is -0.480. The first kappa shape index (κ1) is 17.0. The lowest BCUT2D eigenvalue weighted by atomic mass is 10.0. The van der Waals surface area contributed by atoms with Crippen LogP contribution in [0.4, 0.5) is 14.9 Å². The van der Waals surface area contributed by atoms with Crippen molar-refractivity contribution in [2.24, 2.45) is 0 Å². The molecule has 0 radical (unpaired) electrons. The molecule has 0 bridgehead atoms. The predicted molar refractivity (Wildman–Crippen MR) is 99.1 cm³/mol. The minimum absolute atomic E-state index is 0.0362. The van der Waals surface area contributed by atoms with E-state index in [-0.39, 0.29) is 17.6 Å². The lowest BCUT2D eigenvalue weighted by Crippen LogP contribution is -2.28. The average Bonchev–Trinajstić information content (AvgIpc) is 2.64. The van der Waals surface area contributed by atoms with Crippen LogP contribution in [0.2, 0.25) is 5.02 Å². The van der Waals surface area contributed by atoms with Crippen LogP contribution in [0.15, 0.2) is 72.8 Å². The van der Waals surface area contributed by atoms with Gasteiger partial charge < -0.3 is 10.6 Å². The topological polar surface area (TPSA) is 41.1 Å². The zero-order chi connectivity index (χ0) is 17.6. The summed E-state index contributed by atoms with van der Waals surface area (Å²) in [5, 5.41) is 5.63. The van der Waals surface area contributed by atoms with Gasteiger partial charge in [-0.25, -0.2) is 9.18 Å². The van der Waals surface area contributed by atoms with Crippen LogP contribution in [0, 0.1) is 5.82 Å². The van der Waals surface area contributed by atoms with E-state index in [4.69, 9.17) is 11.6 Å². The molecule has 0 aliphatic carbocycles. The van der Waals surface area contributed by atoms with Crippen LogP contribution in [0.5, 0.6) is 0 Å². The highest BCUT2D eigenvalue weighted by Gasteiger charge is 2.08. The van der Waals surface area contributed by atoms with Crippen LogP contribution < -0.4 is 10.6 Å². The maximum Gasteiger partial charge on any atom is 0.319 e. The number of carbonyl (C=O) groups excluding carboxylic acids is 1. The predicted octanol–water partition coefficient (Wildman–Crippen LogP) is 5.47. The van der Waals surface area contributed by atoms with Gasteiger partial charge in [0.05, 0.1) is 10.7 Å². The van der Waals surface area contributed by atoms with E-state index in [1.54, 1.807) is 6.07 Å². The van der Waals surface area contributed by atoms with Crippen molar-refractivity contribution < 1.29 is 9.18 Å². The van der Waals surface area contributed by atoms with Crippen molar-refractivity contribution in [3.8, 4) is 11.1 Å². The van der Waals surface area contributed by atoms with E-state index in [1.165, 1.54) is 12.1 Å². The molecular weight excluding hydrogens is 339 g/mol. The van der Waals surface area contributed by atoms with Gasteiger partial charge in [-0.3, -0.25) is 0 Å². The Morgan fingerprint density at radius 2 is 1.68 bits per heavy atom. The lowest BCUT2D eigenvalue weighted by Gasteiger charge is -2.12. The lowest BCUT2D eigenvalue weighted by molar-refractivity contribution is 0.252. The highest BCUT2D eigenvalue weighted by atomic mass is 35.5. The first-order valence-electron chi connectivity index (χ1n) is 7.77. The summed E-state index contributed by atoms with van der Waals surface area (Å²) in [6.07, 6.45) is 0.